The average Bonchev–Trinajstić information content (AvgIpc) is 2.44. The van der Waals surface area contributed by atoms with Crippen molar-refractivity contribution in [3.63, 3.8) is 0 Å². The number of rotatable bonds is 3. The summed E-state index contributed by atoms with van der Waals surface area (Å²) >= 11 is 1.86. The molecule has 0 N–H and O–H groups in total. The van der Waals surface area contributed by atoms with Crippen molar-refractivity contribution < 1.29 is 27.4 Å². The van der Waals surface area contributed by atoms with Gasteiger partial charge in [-0.1, -0.05) is 0 Å². The summed E-state index contributed by atoms with van der Waals surface area (Å²) in [6.07, 6.45) is -4.41. The van der Waals surface area contributed by atoms with E-state index in [-0.39, 0.29) is 17.8 Å². The molecule has 4 nitrogen and oxygen atoms in total. The fraction of sp³-hybridized carbons (Fsp3) is 0.500. The molecule has 0 radical (unpaired) electrons. The van der Waals surface area contributed by atoms with E-state index in [1.54, 1.807) is 4.90 Å². The predicted molar refractivity (Wildman–Crippen MR) is 82.0 cm³/mol. The summed E-state index contributed by atoms with van der Waals surface area (Å²) in [6.45, 7) is 2.03. The molecule has 2 rings (SSSR count). The van der Waals surface area contributed by atoms with Crippen molar-refractivity contribution in [1.82, 2.24) is 4.90 Å². The van der Waals surface area contributed by atoms with Crippen molar-refractivity contribution in [2.24, 2.45) is 0 Å². The topological polar surface area (TPSA) is 38.8 Å². The van der Waals surface area contributed by atoms with Gasteiger partial charge in [0.1, 0.15) is 5.75 Å². The first-order valence-electron chi connectivity index (χ1n) is 6.66. The van der Waals surface area contributed by atoms with E-state index in [4.69, 9.17) is 9.47 Å². The van der Waals surface area contributed by atoms with Crippen LogP contribution >= 0.6 is 22.6 Å². The maximum Gasteiger partial charge on any atom is 0.422 e. The number of benzene rings is 1. The zero-order chi connectivity index (χ0) is 16.3. The highest BCUT2D eigenvalue weighted by molar-refractivity contribution is 14.1. The minimum absolute atomic E-state index is 0.0221. The molecular formula is C14H15F3INO3. The largest absolute Gasteiger partial charge is 0.483 e. The Morgan fingerprint density at radius 3 is 2.82 bits per heavy atom. The Kier molecular flexibility index (Phi) is 5.54. The van der Waals surface area contributed by atoms with Crippen LogP contribution < -0.4 is 4.74 Å². The molecule has 0 saturated carbocycles. The fourth-order valence-corrected chi connectivity index (χ4v) is 2.77. The van der Waals surface area contributed by atoms with E-state index in [0.29, 0.717) is 28.8 Å². The minimum atomic E-state index is -4.39. The summed E-state index contributed by atoms with van der Waals surface area (Å²) in [5, 5.41) is 0. The van der Waals surface area contributed by atoms with Crippen molar-refractivity contribution in [2.45, 2.75) is 19.2 Å². The van der Waals surface area contributed by atoms with E-state index in [2.05, 4.69) is 0 Å². The quantitative estimate of drug-likeness (QED) is 0.694. The summed E-state index contributed by atoms with van der Waals surface area (Å²) in [5.41, 5.74) is 0.429. The summed E-state index contributed by atoms with van der Waals surface area (Å²) < 4.78 is 47.0. The van der Waals surface area contributed by atoms with Crippen LogP contribution in [0.2, 0.25) is 0 Å². The second-order valence-corrected chi connectivity index (χ2v) is 6.14. The van der Waals surface area contributed by atoms with E-state index in [1.165, 1.54) is 18.2 Å². The number of halogens is 4. The molecule has 1 saturated heterocycles. The van der Waals surface area contributed by atoms with Gasteiger partial charge in [-0.15, -0.1) is 0 Å². The Morgan fingerprint density at radius 2 is 2.23 bits per heavy atom. The lowest BCUT2D eigenvalue weighted by Gasteiger charge is -2.31. The number of hydrogen-bond donors (Lipinski definition) is 0. The van der Waals surface area contributed by atoms with Gasteiger partial charge in [0.2, 0.25) is 0 Å². The number of nitrogens with zero attached hydrogens (tertiary/aromatic N) is 1. The molecular weight excluding hydrogens is 414 g/mol. The van der Waals surface area contributed by atoms with E-state index < -0.39 is 12.8 Å². The molecule has 122 valence electrons. The van der Waals surface area contributed by atoms with Gasteiger partial charge < -0.3 is 14.4 Å². The van der Waals surface area contributed by atoms with Crippen LogP contribution in [-0.4, -0.2) is 49.4 Å². The molecule has 1 amide bonds. The number of alkyl halides is 3. The lowest BCUT2D eigenvalue weighted by molar-refractivity contribution is -0.153. The molecule has 1 aromatic carbocycles. The normalized spacial score (nSPS) is 19.1. The molecule has 0 aliphatic carbocycles. The van der Waals surface area contributed by atoms with Crippen LogP contribution in [0.3, 0.4) is 0 Å². The molecule has 1 aliphatic rings. The summed E-state index contributed by atoms with van der Waals surface area (Å²) in [5.74, 6) is -0.0414. The SMILES string of the molecule is C[C@H]1CN(C(=O)c2ccc(OCC(F)(F)F)c(I)c2)CCO1. The Labute approximate surface area is 139 Å². The van der Waals surface area contributed by atoms with Crippen molar-refractivity contribution in [3.8, 4) is 5.75 Å². The molecule has 0 spiro atoms. The molecule has 1 aromatic rings. The summed E-state index contributed by atoms with van der Waals surface area (Å²) in [4.78, 5) is 14.0. The van der Waals surface area contributed by atoms with Gasteiger partial charge in [-0.2, -0.15) is 13.2 Å². The van der Waals surface area contributed by atoms with Crippen molar-refractivity contribution >= 4 is 28.5 Å². The fourth-order valence-electron chi connectivity index (χ4n) is 2.10. The minimum Gasteiger partial charge on any atom is -0.483 e. The van der Waals surface area contributed by atoms with E-state index in [9.17, 15) is 18.0 Å². The van der Waals surface area contributed by atoms with Gasteiger partial charge in [-0.25, -0.2) is 0 Å². The Hall–Kier alpha value is -1.03. The first-order valence-corrected chi connectivity index (χ1v) is 7.74. The third-order valence-corrected chi connectivity index (χ3v) is 3.94. The third kappa shape index (κ3) is 4.73. The maximum absolute atomic E-state index is 12.4. The van der Waals surface area contributed by atoms with E-state index >= 15 is 0 Å². The van der Waals surface area contributed by atoms with Crippen LogP contribution in [-0.2, 0) is 4.74 Å². The standard InChI is InChI=1S/C14H15F3INO3/c1-9-7-19(4-5-21-9)13(20)10-2-3-12(11(18)6-10)22-8-14(15,16)17/h2-3,6,9H,4-5,7-8H2,1H3/t9-/m0/s1. The first kappa shape index (κ1) is 17.3. The molecule has 1 atom stereocenters. The van der Waals surface area contributed by atoms with Crippen molar-refractivity contribution in [3.05, 3.63) is 27.3 Å². The molecule has 0 bridgehead atoms. The number of ether oxygens (including phenoxy) is 2. The molecule has 1 fully saturated rings. The Balaban J connectivity index is 2.06. The smallest absolute Gasteiger partial charge is 0.422 e. The number of carbonyl (C=O) groups excluding carboxylic acids is 1. The average molecular weight is 429 g/mol. The van der Waals surface area contributed by atoms with Gasteiger partial charge in [0.15, 0.2) is 6.61 Å². The molecule has 1 heterocycles. The van der Waals surface area contributed by atoms with Gasteiger partial charge in [0.25, 0.3) is 5.91 Å². The second-order valence-electron chi connectivity index (χ2n) is 4.98. The second kappa shape index (κ2) is 7.03. The van der Waals surface area contributed by atoms with Crippen LogP contribution in [0.25, 0.3) is 0 Å². The van der Waals surface area contributed by atoms with Gasteiger partial charge in [0.05, 0.1) is 16.3 Å². The van der Waals surface area contributed by atoms with Crippen LogP contribution in [0.1, 0.15) is 17.3 Å². The predicted octanol–water partition coefficient (Wildman–Crippen LogP) is 3.09. The number of morpholine rings is 1. The highest BCUT2D eigenvalue weighted by Gasteiger charge is 2.29. The molecule has 22 heavy (non-hydrogen) atoms. The van der Waals surface area contributed by atoms with E-state index in [1.807, 2.05) is 29.5 Å². The zero-order valence-corrected chi connectivity index (χ0v) is 14.0. The van der Waals surface area contributed by atoms with Crippen LogP contribution in [0, 0.1) is 3.57 Å². The lowest BCUT2D eigenvalue weighted by Crippen LogP contribution is -2.44. The molecule has 0 unspecified atom stereocenters. The van der Waals surface area contributed by atoms with Gasteiger partial charge in [-0.05, 0) is 47.7 Å². The third-order valence-electron chi connectivity index (χ3n) is 3.10. The number of amides is 1. The highest BCUT2D eigenvalue weighted by Crippen LogP contribution is 2.25. The Morgan fingerprint density at radius 1 is 1.50 bits per heavy atom. The van der Waals surface area contributed by atoms with Crippen LogP contribution in [0.15, 0.2) is 18.2 Å². The van der Waals surface area contributed by atoms with Crippen molar-refractivity contribution in [2.75, 3.05) is 26.3 Å². The number of hydrogen-bond acceptors (Lipinski definition) is 3. The summed E-state index contributed by atoms with van der Waals surface area (Å²) in [7, 11) is 0. The monoisotopic (exact) mass is 429 g/mol. The lowest BCUT2D eigenvalue weighted by atomic mass is 10.1. The maximum atomic E-state index is 12.4. The number of carbonyl (C=O) groups is 1. The van der Waals surface area contributed by atoms with E-state index in [0.717, 1.165) is 0 Å². The zero-order valence-electron chi connectivity index (χ0n) is 11.8. The molecule has 0 aromatic heterocycles. The van der Waals surface area contributed by atoms with Gasteiger partial charge in [0, 0.05) is 18.7 Å². The summed E-state index contributed by atoms with van der Waals surface area (Å²) in [6, 6.07) is 4.41. The highest BCUT2D eigenvalue weighted by atomic mass is 127. The van der Waals surface area contributed by atoms with Crippen LogP contribution in [0.4, 0.5) is 13.2 Å². The van der Waals surface area contributed by atoms with Crippen molar-refractivity contribution in [1.29, 1.82) is 0 Å². The molecule has 1 aliphatic heterocycles. The van der Waals surface area contributed by atoms with Gasteiger partial charge in [-0.3, -0.25) is 4.79 Å². The van der Waals surface area contributed by atoms with Gasteiger partial charge >= 0.3 is 6.18 Å². The van der Waals surface area contributed by atoms with Crippen LogP contribution in [0.5, 0.6) is 5.75 Å². The Bertz CT molecular complexity index is 551. The molecule has 8 heteroatoms. The first-order chi connectivity index (χ1) is 10.3.